The zero-order chi connectivity index (χ0) is 12.8. The fraction of sp³-hybridized carbons (Fsp3) is 0.571. The van der Waals surface area contributed by atoms with Crippen LogP contribution in [-0.4, -0.2) is 20.8 Å². The van der Waals surface area contributed by atoms with Crippen LogP contribution in [0.5, 0.6) is 0 Å². The summed E-state index contributed by atoms with van der Waals surface area (Å²) in [5.74, 6) is 0.555. The topological polar surface area (TPSA) is 21.3 Å². The molecule has 0 aliphatic heterocycles. The van der Waals surface area contributed by atoms with Crippen molar-refractivity contribution in [3.8, 4) is 0 Å². The van der Waals surface area contributed by atoms with E-state index in [1.807, 2.05) is 7.05 Å². The van der Waals surface area contributed by atoms with Crippen molar-refractivity contribution in [1.82, 2.24) is 5.32 Å². The third kappa shape index (κ3) is 4.09. The average molecular weight is 300 g/mol. The Morgan fingerprint density at radius 2 is 2.12 bits per heavy atom. The number of methoxy groups -OCH3 is 1. The van der Waals surface area contributed by atoms with E-state index in [2.05, 4.69) is 53.3 Å². The van der Waals surface area contributed by atoms with E-state index in [-0.39, 0.29) is 0 Å². The highest BCUT2D eigenvalue weighted by Gasteiger charge is 2.18. The molecule has 0 aliphatic rings. The highest BCUT2D eigenvalue weighted by Crippen LogP contribution is 2.28. The fourth-order valence-electron chi connectivity index (χ4n) is 2.21. The van der Waals surface area contributed by atoms with Crippen LogP contribution in [0.1, 0.15) is 30.5 Å². The summed E-state index contributed by atoms with van der Waals surface area (Å²) in [6.07, 6.45) is 1.07. The standard InChI is InChI=1S/C14H22BrNO/c1-10(7-8-17-4)14(16-3)13-6-5-12(15)9-11(13)2/h5-6,9-10,14,16H,7-8H2,1-4H3. The SMILES string of the molecule is CNC(c1ccc(Br)cc1C)C(C)CCOC. The van der Waals surface area contributed by atoms with Crippen molar-refractivity contribution in [3.63, 3.8) is 0 Å². The molecule has 17 heavy (non-hydrogen) atoms. The van der Waals surface area contributed by atoms with Crippen molar-refractivity contribution in [2.45, 2.75) is 26.3 Å². The number of hydrogen-bond donors (Lipinski definition) is 1. The second kappa shape index (κ2) is 7.14. The molecule has 2 unspecified atom stereocenters. The predicted octanol–water partition coefficient (Wildman–Crippen LogP) is 3.69. The first-order chi connectivity index (χ1) is 8.10. The smallest absolute Gasteiger partial charge is 0.0465 e. The summed E-state index contributed by atoms with van der Waals surface area (Å²) in [6.45, 7) is 5.24. The first-order valence-electron chi connectivity index (χ1n) is 6.02. The number of halogens is 1. The molecule has 0 radical (unpaired) electrons. The lowest BCUT2D eigenvalue weighted by Crippen LogP contribution is -2.25. The van der Waals surface area contributed by atoms with Gasteiger partial charge in [-0.1, -0.05) is 28.9 Å². The first kappa shape index (κ1) is 14.7. The Bertz CT molecular complexity index is 354. The Kier molecular flexibility index (Phi) is 6.17. The van der Waals surface area contributed by atoms with Gasteiger partial charge in [0.1, 0.15) is 0 Å². The number of nitrogens with one attached hydrogen (secondary N) is 1. The average Bonchev–Trinajstić information content (AvgIpc) is 2.30. The molecule has 0 saturated carbocycles. The molecule has 2 atom stereocenters. The molecule has 0 fully saturated rings. The predicted molar refractivity (Wildman–Crippen MR) is 76.3 cm³/mol. The van der Waals surface area contributed by atoms with Crippen LogP contribution in [-0.2, 0) is 4.74 Å². The van der Waals surface area contributed by atoms with Crippen LogP contribution < -0.4 is 5.32 Å². The molecule has 1 aromatic rings. The van der Waals surface area contributed by atoms with Gasteiger partial charge in [0, 0.05) is 24.2 Å². The molecule has 0 bridgehead atoms. The molecule has 1 rings (SSSR count). The third-order valence-electron chi connectivity index (χ3n) is 3.22. The largest absolute Gasteiger partial charge is 0.385 e. The van der Waals surface area contributed by atoms with E-state index < -0.39 is 0 Å². The monoisotopic (exact) mass is 299 g/mol. The zero-order valence-electron chi connectivity index (χ0n) is 11.1. The number of hydrogen-bond acceptors (Lipinski definition) is 2. The normalized spacial score (nSPS) is 14.6. The van der Waals surface area contributed by atoms with Gasteiger partial charge in [0.05, 0.1) is 0 Å². The maximum Gasteiger partial charge on any atom is 0.0465 e. The van der Waals surface area contributed by atoms with E-state index in [1.54, 1.807) is 7.11 Å². The fourth-order valence-corrected chi connectivity index (χ4v) is 2.68. The number of aryl methyl sites for hydroxylation is 1. The first-order valence-corrected chi connectivity index (χ1v) is 6.81. The van der Waals surface area contributed by atoms with Crippen LogP contribution in [0.3, 0.4) is 0 Å². The van der Waals surface area contributed by atoms with E-state index in [1.165, 1.54) is 11.1 Å². The van der Waals surface area contributed by atoms with E-state index in [0.717, 1.165) is 17.5 Å². The summed E-state index contributed by atoms with van der Waals surface area (Å²) >= 11 is 3.51. The molecule has 0 saturated heterocycles. The molecule has 1 aromatic carbocycles. The molecule has 0 aromatic heterocycles. The Labute approximate surface area is 113 Å². The Morgan fingerprint density at radius 1 is 1.41 bits per heavy atom. The Balaban J connectivity index is 2.85. The molecule has 2 nitrogen and oxygen atoms in total. The molecular weight excluding hydrogens is 278 g/mol. The summed E-state index contributed by atoms with van der Waals surface area (Å²) in [5, 5.41) is 3.42. The minimum absolute atomic E-state index is 0.387. The van der Waals surface area contributed by atoms with Gasteiger partial charge in [-0.05, 0) is 49.6 Å². The van der Waals surface area contributed by atoms with Crippen molar-refractivity contribution in [2.24, 2.45) is 5.92 Å². The lowest BCUT2D eigenvalue weighted by Gasteiger charge is -2.25. The molecule has 0 spiro atoms. The van der Waals surface area contributed by atoms with Crippen LogP contribution in [0.15, 0.2) is 22.7 Å². The highest BCUT2D eigenvalue weighted by molar-refractivity contribution is 9.10. The summed E-state index contributed by atoms with van der Waals surface area (Å²) in [5.41, 5.74) is 2.70. The van der Waals surface area contributed by atoms with E-state index >= 15 is 0 Å². The molecule has 0 heterocycles. The van der Waals surface area contributed by atoms with Crippen molar-refractivity contribution >= 4 is 15.9 Å². The van der Waals surface area contributed by atoms with Gasteiger partial charge in [-0.2, -0.15) is 0 Å². The van der Waals surface area contributed by atoms with Gasteiger partial charge in [-0.3, -0.25) is 0 Å². The van der Waals surface area contributed by atoms with Crippen LogP contribution >= 0.6 is 15.9 Å². The van der Waals surface area contributed by atoms with Gasteiger partial charge in [0.15, 0.2) is 0 Å². The van der Waals surface area contributed by atoms with Crippen LogP contribution in [0.2, 0.25) is 0 Å². The van der Waals surface area contributed by atoms with Gasteiger partial charge in [0.2, 0.25) is 0 Å². The second-order valence-corrected chi connectivity index (χ2v) is 5.44. The van der Waals surface area contributed by atoms with Gasteiger partial charge in [-0.25, -0.2) is 0 Å². The van der Waals surface area contributed by atoms with Crippen molar-refractivity contribution < 1.29 is 4.74 Å². The minimum Gasteiger partial charge on any atom is -0.385 e. The summed E-state index contributed by atoms with van der Waals surface area (Å²) in [4.78, 5) is 0. The Morgan fingerprint density at radius 3 is 2.65 bits per heavy atom. The van der Waals surface area contributed by atoms with Crippen molar-refractivity contribution in [1.29, 1.82) is 0 Å². The van der Waals surface area contributed by atoms with Gasteiger partial charge in [-0.15, -0.1) is 0 Å². The molecule has 96 valence electrons. The van der Waals surface area contributed by atoms with Crippen LogP contribution in [0.25, 0.3) is 0 Å². The Hall–Kier alpha value is -0.380. The van der Waals surface area contributed by atoms with Crippen molar-refractivity contribution in [3.05, 3.63) is 33.8 Å². The van der Waals surface area contributed by atoms with E-state index in [0.29, 0.717) is 12.0 Å². The maximum atomic E-state index is 5.16. The summed E-state index contributed by atoms with van der Waals surface area (Å²) in [7, 11) is 3.78. The van der Waals surface area contributed by atoms with Crippen LogP contribution in [0.4, 0.5) is 0 Å². The molecular formula is C14H22BrNO. The molecule has 0 amide bonds. The third-order valence-corrected chi connectivity index (χ3v) is 3.72. The number of rotatable bonds is 6. The molecule has 0 aliphatic carbocycles. The quantitative estimate of drug-likeness (QED) is 0.865. The van der Waals surface area contributed by atoms with E-state index in [9.17, 15) is 0 Å². The zero-order valence-corrected chi connectivity index (χ0v) is 12.7. The lowest BCUT2D eigenvalue weighted by atomic mass is 9.90. The van der Waals surface area contributed by atoms with Crippen molar-refractivity contribution in [2.75, 3.05) is 20.8 Å². The lowest BCUT2D eigenvalue weighted by molar-refractivity contribution is 0.171. The maximum absolute atomic E-state index is 5.16. The minimum atomic E-state index is 0.387. The van der Waals surface area contributed by atoms with Gasteiger partial charge >= 0.3 is 0 Å². The molecule has 3 heteroatoms. The van der Waals surface area contributed by atoms with E-state index in [4.69, 9.17) is 4.74 Å². The second-order valence-electron chi connectivity index (χ2n) is 4.53. The summed E-state index contributed by atoms with van der Waals surface area (Å²) < 4.78 is 6.29. The number of benzene rings is 1. The van der Waals surface area contributed by atoms with Gasteiger partial charge in [0.25, 0.3) is 0 Å². The molecule has 1 N–H and O–H groups in total. The summed E-state index contributed by atoms with van der Waals surface area (Å²) in [6, 6.07) is 6.86. The van der Waals surface area contributed by atoms with Crippen LogP contribution in [0, 0.1) is 12.8 Å². The number of ether oxygens (including phenoxy) is 1. The van der Waals surface area contributed by atoms with Gasteiger partial charge < -0.3 is 10.1 Å². The highest BCUT2D eigenvalue weighted by atomic mass is 79.9.